The summed E-state index contributed by atoms with van der Waals surface area (Å²) >= 11 is 1.13. The maximum absolute atomic E-state index is 14.7. The van der Waals surface area contributed by atoms with Gasteiger partial charge in [-0.15, -0.1) is 0 Å². The molecule has 5 nitrogen and oxygen atoms in total. The van der Waals surface area contributed by atoms with E-state index in [0.29, 0.717) is 22.0 Å². The number of rotatable bonds is 5. The van der Waals surface area contributed by atoms with Gasteiger partial charge in [-0.05, 0) is 17.2 Å². The number of hydrogen-bond acceptors (Lipinski definition) is 5. The molecule has 3 aromatic rings. The molecule has 134 valence electrons. The minimum absolute atomic E-state index is 0.289. The van der Waals surface area contributed by atoms with Gasteiger partial charge in [-0.2, -0.15) is 0 Å². The largest absolute Gasteiger partial charge is 0.365 e. The zero-order valence-electron chi connectivity index (χ0n) is 14.3. The molecule has 0 saturated heterocycles. The first-order valence-corrected chi connectivity index (χ1v) is 8.84. The molecule has 1 aromatic heterocycles. The summed E-state index contributed by atoms with van der Waals surface area (Å²) in [5.41, 5.74) is 4.14. The zero-order chi connectivity index (χ0) is 18.7. The van der Waals surface area contributed by atoms with E-state index in [-0.39, 0.29) is 16.6 Å². The van der Waals surface area contributed by atoms with E-state index < -0.39 is 5.91 Å². The van der Waals surface area contributed by atoms with Gasteiger partial charge in [0.2, 0.25) is 0 Å². The summed E-state index contributed by atoms with van der Waals surface area (Å²) in [5.74, 6) is -1.29. The molecular weight excluding hydrogens is 353 g/mol. The van der Waals surface area contributed by atoms with Crippen LogP contribution >= 0.6 is 11.3 Å². The first-order valence-electron chi connectivity index (χ1n) is 8.03. The van der Waals surface area contributed by atoms with Gasteiger partial charge < -0.3 is 5.32 Å². The Morgan fingerprint density at radius 3 is 2.58 bits per heavy atom. The number of anilines is 1. The molecule has 1 heterocycles. The highest BCUT2D eigenvalue weighted by atomic mass is 32.1. The van der Waals surface area contributed by atoms with Crippen LogP contribution in [-0.2, 0) is 0 Å². The van der Waals surface area contributed by atoms with Gasteiger partial charge in [0.15, 0.2) is 5.13 Å². The highest BCUT2D eigenvalue weighted by molar-refractivity contribution is 7.17. The monoisotopic (exact) mass is 371 g/mol. The predicted octanol–water partition coefficient (Wildman–Crippen LogP) is 4.26. The zero-order valence-corrected chi connectivity index (χ0v) is 15.1. The minimum atomic E-state index is -0.632. The minimum Gasteiger partial charge on any atom is -0.365 e. The van der Waals surface area contributed by atoms with Gasteiger partial charge >= 0.3 is 0 Å². The Kier molecular flexibility index (Phi) is 5.29. The van der Waals surface area contributed by atoms with E-state index in [2.05, 4.69) is 10.3 Å². The molecule has 1 unspecified atom stereocenters. The van der Waals surface area contributed by atoms with Crippen LogP contribution in [0.4, 0.5) is 9.52 Å². The third kappa shape index (κ3) is 3.44. The van der Waals surface area contributed by atoms with E-state index in [9.17, 15) is 9.18 Å². The number of nitrogens with one attached hydrogen (secondary N) is 2. The fourth-order valence-electron chi connectivity index (χ4n) is 2.76. The number of hydroxylamine groups is 1. The molecule has 0 radical (unpaired) electrons. The Hall–Kier alpha value is -2.77. The Labute approximate surface area is 154 Å². The van der Waals surface area contributed by atoms with Crippen molar-refractivity contribution in [1.29, 1.82) is 0 Å². The molecule has 3 N–H and O–H groups in total. The van der Waals surface area contributed by atoms with Crippen molar-refractivity contribution < 1.29 is 14.4 Å². The molecule has 0 saturated carbocycles. The number of aromatic nitrogens is 1. The molecule has 0 bridgehead atoms. The van der Waals surface area contributed by atoms with Crippen LogP contribution in [0.25, 0.3) is 11.1 Å². The van der Waals surface area contributed by atoms with Gasteiger partial charge in [0.25, 0.3) is 5.91 Å². The molecule has 7 heteroatoms. The summed E-state index contributed by atoms with van der Waals surface area (Å²) in [4.78, 5) is 16.6. The van der Waals surface area contributed by atoms with Crippen LogP contribution < -0.4 is 10.8 Å². The molecular formula is C19H18FN3O2S. The molecule has 0 aliphatic heterocycles. The number of nitrogens with zero attached hydrogens (tertiary/aromatic N) is 1. The fraction of sp³-hybridized carbons (Fsp3) is 0.158. The summed E-state index contributed by atoms with van der Waals surface area (Å²) in [6.07, 6.45) is 0. The topological polar surface area (TPSA) is 74.2 Å². The smallest absolute Gasteiger partial charge is 0.286 e. The average Bonchev–Trinajstić information content (AvgIpc) is 3.12. The van der Waals surface area contributed by atoms with Crippen molar-refractivity contribution in [3.63, 3.8) is 0 Å². The van der Waals surface area contributed by atoms with Gasteiger partial charge in [0.1, 0.15) is 10.7 Å². The molecule has 1 atom stereocenters. The van der Waals surface area contributed by atoms with E-state index in [1.807, 2.05) is 43.3 Å². The first-order chi connectivity index (χ1) is 12.5. The van der Waals surface area contributed by atoms with Crippen LogP contribution in [0.1, 0.15) is 33.8 Å². The second-order valence-corrected chi connectivity index (χ2v) is 6.75. The average molecular weight is 371 g/mol. The SMILES string of the molecule is CNc1nc(C(C)c2ccc(-c3ccccc3)c(F)c2)c(C(=O)NO)s1. The van der Waals surface area contributed by atoms with Crippen molar-refractivity contribution in [3.05, 3.63) is 70.5 Å². The van der Waals surface area contributed by atoms with E-state index in [0.717, 1.165) is 16.9 Å². The summed E-state index contributed by atoms with van der Waals surface area (Å²) in [6.45, 7) is 1.85. The number of hydrogen-bond donors (Lipinski definition) is 3. The maximum atomic E-state index is 14.7. The quantitative estimate of drug-likeness (QED) is 0.463. The van der Waals surface area contributed by atoms with Gasteiger partial charge in [-0.1, -0.05) is 60.7 Å². The number of benzene rings is 2. The van der Waals surface area contributed by atoms with Crippen molar-refractivity contribution in [3.8, 4) is 11.1 Å². The summed E-state index contributed by atoms with van der Waals surface area (Å²) in [5, 5.41) is 12.4. The summed E-state index contributed by atoms with van der Waals surface area (Å²) in [7, 11) is 1.70. The Bertz CT molecular complexity index is 928. The molecule has 0 spiro atoms. The van der Waals surface area contributed by atoms with Crippen LogP contribution in [0.15, 0.2) is 48.5 Å². The third-order valence-electron chi connectivity index (χ3n) is 4.16. The van der Waals surface area contributed by atoms with Crippen molar-refractivity contribution >= 4 is 22.4 Å². The molecule has 1 amide bonds. The standard InChI is InChI=1S/C19H18FN3O2S/c1-11(16-17(18(24)23-25)26-19(21-2)22-16)13-8-9-14(15(20)10-13)12-6-4-3-5-7-12/h3-11,25H,1-2H3,(H,21,22)(H,23,24). The van der Waals surface area contributed by atoms with Gasteiger partial charge in [-0.3, -0.25) is 10.0 Å². The van der Waals surface area contributed by atoms with Gasteiger partial charge in [0.05, 0.1) is 5.69 Å². The van der Waals surface area contributed by atoms with Crippen molar-refractivity contribution in [2.75, 3.05) is 12.4 Å². The fourth-order valence-corrected chi connectivity index (χ4v) is 3.66. The highest BCUT2D eigenvalue weighted by Gasteiger charge is 2.23. The van der Waals surface area contributed by atoms with Crippen LogP contribution in [0.3, 0.4) is 0 Å². The number of halogens is 1. The van der Waals surface area contributed by atoms with E-state index >= 15 is 0 Å². The lowest BCUT2D eigenvalue weighted by molar-refractivity contribution is 0.0709. The number of thiazole rings is 1. The van der Waals surface area contributed by atoms with E-state index in [4.69, 9.17) is 5.21 Å². The van der Waals surface area contributed by atoms with Crippen LogP contribution in [0, 0.1) is 5.82 Å². The van der Waals surface area contributed by atoms with E-state index in [1.165, 1.54) is 6.07 Å². The van der Waals surface area contributed by atoms with Gasteiger partial charge in [0, 0.05) is 18.5 Å². The lowest BCUT2D eigenvalue weighted by Gasteiger charge is -2.13. The van der Waals surface area contributed by atoms with Crippen LogP contribution in [-0.4, -0.2) is 23.1 Å². The summed E-state index contributed by atoms with van der Waals surface area (Å²) < 4.78 is 14.7. The van der Waals surface area contributed by atoms with Crippen LogP contribution in [0.2, 0.25) is 0 Å². The van der Waals surface area contributed by atoms with Crippen molar-refractivity contribution in [2.45, 2.75) is 12.8 Å². The first kappa shape index (κ1) is 18.0. The van der Waals surface area contributed by atoms with Gasteiger partial charge in [-0.25, -0.2) is 14.9 Å². The lowest BCUT2D eigenvalue weighted by atomic mass is 9.94. The van der Waals surface area contributed by atoms with Crippen molar-refractivity contribution in [2.24, 2.45) is 0 Å². The van der Waals surface area contributed by atoms with Crippen LogP contribution in [0.5, 0.6) is 0 Å². The normalized spacial score (nSPS) is 11.8. The number of carbonyl (C=O) groups excluding carboxylic acids is 1. The molecule has 3 rings (SSSR count). The molecule has 2 aromatic carbocycles. The Morgan fingerprint density at radius 1 is 1.23 bits per heavy atom. The molecule has 26 heavy (non-hydrogen) atoms. The van der Waals surface area contributed by atoms with Crippen molar-refractivity contribution in [1.82, 2.24) is 10.5 Å². The number of amides is 1. The second kappa shape index (κ2) is 7.63. The Balaban J connectivity index is 1.98. The molecule has 0 fully saturated rings. The summed E-state index contributed by atoms with van der Waals surface area (Å²) in [6, 6.07) is 14.3. The van der Waals surface area contributed by atoms with E-state index in [1.54, 1.807) is 18.6 Å². The number of carbonyl (C=O) groups is 1. The highest BCUT2D eigenvalue weighted by Crippen LogP contribution is 2.34. The third-order valence-corrected chi connectivity index (χ3v) is 5.25. The Morgan fingerprint density at radius 2 is 1.96 bits per heavy atom. The molecule has 0 aliphatic carbocycles. The maximum Gasteiger partial charge on any atom is 0.286 e. The lowest BCUT2D eigenvalue weighted by Crippen LogP contribution is -2.19. The molecule has 0 aliphatic rings. The second-order valence-electron chi connectivity index (χ2n) is 5.75. The predicted molar refractivity (Wildman–Crippen MR) is 100 cm³/mol.